The van der Waals surface area contributed by atoms with Crippen molar-refractivity contribution in [3.05, 3.63) is 36.4 Å². The Bertz CT molecular complexity index is 914. The highest BCUT2D eigenvalue weighted by atomic mass is 16.5. The Hall–Kier alpha value is -3.42. The molecular formula is C21H24N2O6. The molecule has 29 heavy (non-hydrogen) atoms. The summed E-state index contributed by atoms with van der Waals surface area (Å²) in [5.41, 5.74) is 1.13. The standard InChI is InChI=1S/C21H24N2O6/c1-26-14-5-7-16(18(10-14)28-3)22-21(25)13-9-20(24)23(12-13)17-8-6-15(27-2)11-19(17)29-4/h5-8,10-11,13H,9,12H2,1-4H3,(H,22,25). The summed E-state index contributed by atoms with van der Waals surface area (Å²) in [7, 11) is 6.16. The number of amides is 2. The first-order valence-corrected chi connectivity index (χ1v) is 9.06. The van der Waals surface area contributed by atoms with Gasteiger partial charge in [-0.2, -0.15) is 0 Å². The van der Waals surface area contributed by atoms with E-state index in [9.17, 15) is 9.59 Å². The van der Waals surface area contributed by atoms with Gasteiger partial charge in [0, 0.05) is 25.1 Å². The predicted molar refractivity (Wildman–Crippen MR) is 108 cm³/mol. The topological polar surface area (TPSA) is 86.3 Å². The third kappa shape index (κ3) is 4.21. The number of nitrogens with one attached hydrogen (secondary N) is 1. The van der Waals surface area contributed by atoms with Gasteiger partial charge in [-0.05, 0) is 24.3 Å². The predicted octanol–water partition coefficient (Wildman–Crippen LogP) is 2.71. The number of nitrogens with zero attached hydrogens (tertiary/aromatic N) is 1. The van der Waals surface area contributed by atoms with Crippen LogP contribution in [0, 0.1) is 5.92 Å². The van der Waals surface area contributed by atoms with E-state index in [2.05, 4.69) is 5.32 Å². The second-order valence-corrected chi connectivity index (χ2v) is 6.50. The van der Waals surface area contributed by atoms with Crippen LogP contribution in [0.4, 0.5) is 11.4 Å². The summed E-state index contributed by atoms with van der Waals surface area (Å²) in [4.78, 5) is 26.9. The minimum absolute atomic E-state index is 0.111. The highest BCUT2D eigenvalue weighted by Gasteiger charge is 2.36. The number of carbonyl (C=O) groups is 2. The molecule has 8 heteroatoms. The van der Waals surface area contributed by atoms with Crippen LogP contribution in [-0.2, 0) is 9.59 Å². The minimum atomic E-state index is -0.499. The van der Waals surface area contributed by atoms with Crippen molar-refractivity contribution in [3.63, 3.8) is 0 Å². The summed E-state index contributed by atoms with van der Waals surface area (Å²) >= 11 is 0. The van der Waals surface area contributed by atoms with Crippen LogP contribution in [0.15, 0.2) is 36.4 Å². The number of anilines is 2. The summed E-state index contributed by atoms with van der Waals surface area (Å²) < 4.78 is 21.1. The average Bonchev–Trinajstić information content (AvgIpc) is 3.14. The van der Waals surface area contributed by atoms with Crippen LogP contribution in [0.3, 0.4) is 0 Å². The molecule has 1 fully saturated rings. The molecule has 0 bridgehead atoms. The number of carbonyl (C=O) groups excluding carboxylic acids is 2. The fourth-order valence-electron chi connectivity index (χ4n) is 3.26. The Morgan fingerprint density at radius 3 is 2.17 bits per heavy atom. The summed E-state index contributed by atoms with van der Waals surface area (Å²) in [5, 5.41) is 2.84. The smallest absolute Gasteiger partial charge is 0.229 e. The van der Waals surface area contributed by atoms with E-state index in [1.165, 1.54) is 14.2 Å². The summed E-state index contributed by atoms with van der Waals surface area (Å²) in [6.45, 7) is 0.256. The van der Waals surface area contributed by atoms with E-state index < -0.39 is 5.92 Å². The van der Waals surface area contributed by atoms with E-state index in [-0.39, 0.29) is 24.8 Å². The molecule has 0 aromatic heterocycles. The monoisotopic (exact) mass is 400 g/mol. The van der Waals surface area contributed by atoms with Crippen molar-refractivity contribution in [2.24, 2.45) is 5.92 Å². The van der Waals surface area contributed by atoms with E-state index in [1.807, 2.05) is 0 Å². The quantitative estimate of drug-likeness (QED) is 0.769. The Kier molecular flexibility index (Phi) is 6.11. The fourth-order valence-corrected chi connectivity index (χ4v) is 3.26. The van der Waals surface area contributed by atoms with Crippen LogP contribution in [-0.4, -0.2) is 46.8 Å². The van der Waals surface area contributed by atoms with Gasteiger partial charge in [0.25, 0.3) is 0 Å². The number of hydrogen-bond donors (Lipinski definition) is 1. The van der Waals surface area contributed by atoms with Crippen LogP contribution in [0.1, 0.15) is 6.42 Å². The molecule has 1 unspecified atom stereocenters. The third-order valence-electron chi connectivity index (χ3n) is 4.84. The molecular weight excluding hydrogens is 376 g/mol. The number of methoxy groups -OCH3 is 4. The van der Waals surface area contributed by atoms with E-state index in [0.717, 1.165) is 0 Å². The Morgan fingerprint density at radius 2 is 1.55 bits per heavy atom. The fraction of sp³-hybridized carbons (Fsp3) is 0.333. The van der Waals surface area contributed by atoms with Crippen LogP contribution >= 0.6 is 0 Å². The normalized spacial score (nSPS) is 15.8. The van der Waals surface area contributed by atoms with Crippen LogP contribution in [0.2, 0.25) is 0 Å². The molecule has 1 heterocycles. The zero-order chi connectivity index (χ0) is 21.0. The molecule has 154 valence electrons. The first-order chi connectivity index (χ1) is 14.0. The van der Waals surface area contributed by atoms with Gasteiger partial charge in [0.05, 0.1) is 45.7 Å². The second-order valence-electron chi connectivity index (χ2n) is 6.50. The van der Waals surface area contributed by atoms with Crippen LogP contribution in [0.5, 0.6) is 23.0 Å². The van der Waals surface area contributed by atoms with E-state index in [4.69, 9.17) is 18.9 Å². The van der Waals surface area contributed by atoms with Crippen molar-refractivity contribution in [2.75, 3.05) is 45.2 Å². The molecule has 1 aliphatic heterocycles. The van der Waals surface area contributed by atoms with Crippen LogP contribution in [0.25, 0.3) is 0 Å². The van der Waals surface area contributed by atoms with Gasteiger partial charge in [-0.1, -0.05) is 0 Å². The average molecular weight is 400 g/mol. The van der Waals surface area contributed by atoms with E-state index in [1.54, 1.807) is 55.5 Å². The lowest BCUT2D eigenvalue weighted by atomic mass is 10.1. The summed E-state index contributed by atoms with van der Waals surface area (Å²) in [6.07, 6.45) is 0.111. The summed E-state index contributed by atoms with van der Waals surface area (Å²) in [6, 6.07) is 10.3. The van der Waals surface area contributed by atoms with Gasteiger partial charge in [0.15, 0.2) is 0 Å². The van der Waals surface area contributed by atoms with Crippen LogP contribution < -0.4 is 29.2 Å². The van der Waals surface area contributed by atoms with Crippen molar-refractivity contribution < 1.29 is 28.5 Å². The van der Waals surface area contributed by atoms with Gasteiger partial charge in [-0.15, -0.1) is 0 Å². The first kappa shape index (κ1) is 20.3. The minimum Gasteiger partial charge on any atom is -0.497 e. The molecule has 1 N–H and O–H groups in total. The molecule has 0 spiro atoms. The second kappa shape index (κ2) is 8.72. The molecule has 2 aromatic rings. The zero-order valence-electron chi connectivity index (χ0n) is 16.9. The lowest BCUT2D eigenvalue weighted by Gasteiger charge is -2.20. The highest BCUT2D eigenvalue weighted by Crippen LogP contribution is 2.36. The van der Waals surface area contributed by atoms with Gasteiger partial charge in [0.1, 0.15) is 23.0 Å². The van der Waals surface area contributed by atoms with Gasteiger partial charge < -0.3 is 29.2 Å². The van der Waals surface area contributed by atoms with Crippen molar-refractivity contribution in [1.82, 2.24) is 0 Å². The Balaban J connectivity index is 1.76. The maximum atomic E-state index is 12.8. The SMILES string of the molecule is COc1ccc(NC(=O)C2CC(=O)N(c3ccc(OC)cc3OC)C2)c(OC)c1. The molecule has 1 aliphatic rings. The highest BCUT2D eigenvalue weighted by molar-refractivity contribution is 6.04. The Morgan fingerprint density at radius 1 is 0.931 bits per heavy atom. The van der Waals surface area contributed by atoms with Gasteiger partial charge in [-0.3, -0.25) is 9.59 Å². The van der Waals surface area contributed by atoms with Gasteiger partial charge in [0.2, 0.25) is 11.8 Å². The molecule has 1 atom stereocenters. The summed E-state index contributed by atoms with van der Waals surface area (Å²) in [5.74, 6) is 1.34. The molecule has 3 rings (SSSR count). The van der Waals surface area contributed by atoms with Crippen molar-refractivity contribution in [3.8, 4) is 23.0 Å². The van der Waals surface area contributed by atoms with E-state index in [0.29, 0.717) is 34.4 Å². The van der Waals surface area contributed by atoms with E-state index >= 15 is 0 Å². The number of ether oxygens (including phenoxy) is 4. The molecule has 2 aromatic carbocycles. The van der Waals surface area contributed by atoms with Gasteiger partial charge >= 0.3 is 0 Å². The lowest BCUT2D eigenvalue weighted by Crippen LogP contribution is -2.28. The largest absolute Gasteiger partial charge is 0.497 e. The number of hydrogen-bond acceptors (Lipinski definition) is 6. The lowest BCUT2D eigenvalue weighted by molar-refractivity contribution is -0.122. The number of rotatable bonds is 7. The molecule has 1 saturated heterocycles. The first-order valence-electron chi connectivity index (χ1n) is 9.06. The van der Waals surface area contributed by atoms with Crippen molar-refractivity contribution in [2.45, 2.75) is 6.42 Å². The maximum absolute atomic E-state index is 12.8. The molecule has 0 saturated carbocycles. The third-order valence-corrected chi connectivity index (χ3v) is 4.84. The number of benzene rings is 2. The van der Waals surface area contributed by atoms with Crippen molar-refractivity contribution in [1.29, 1.82) is 0 Å². The molecule has 0 aliphatic carbocycles. The molecule has 2 amide bonds. The molecule has 8 nitrogen and oxygen atoms in total. The van der Waals surface area contributed by atoms with Gasteiger partial charge in [-0.25, -0.2) is 0 Å². The zero-order valence-corrected chi connectivity index (χ0v) is 16.9. The molecule has 0 radical (unpaired) electrons. The maximum Gasteiger partial charge on any atom is 0.229 e. The Labute approximate surface area is 169 Å². The van der Waals surface area contributed by atoms with Crippen molar-refractivity contribution >= 4 is 23.2 Å².